The van der Waals surface area contributed by atoms with Crippen LogP contribution in [0.4, 0.5) is 5.95 Å². The van der Waals surface area contributed by atoms with Crippen molar-refractivity contribution in [2.24, 2.45) is 0 Å². The molecule has 1 aliphatic rings. The number of aromatic nitrogens is 2. The number of rotatable bonds is 2. The molecule has 1 saturated carbocycles. The van der Waals surface area contributed by atoms with Gasteiger partial charge in [0.25, 0.3) is 0 Å². The summed E-state index contributed by atoms with van der Waals surface area (Å²) < 4.78 is 5.58. The molecule has 0 aliphatic heterocycles. The molecule has 1 heterocycles. The highest BCUT2D eigenvalue weighted by molar-refractivity contribution is 5.25. The first-order chi connectivity index (χ1) is 6.24. The Kier molecular flexibility index (Phi) is 2.04. The zero-order valence-electron chi connectivity index (χ0n) is 7.66. The summed E-state index contributed by atoms with van der Waals surface area (Å²) in [6.45, 7) is 1.88. The lowest BCUT2D eigenvalue weighted by molar-refractivity contribution is 0.114. The second kappa shape index (κ2) is 3.20. The molecule has 0 aromatic carbocycles. The van der Waals surface area contributed by atoms with Crippen molar-refractivity contribution in [1.29, 1.82) is 0 Å². The topological polar surface area (TPSA) is 61.0 Å². The lowest BCUT2D eigenvalue weighted by Gasteiger charge is -2.25. The number of nitrogens with two attached hydrogens (primary N) is 1. The van der Waals surface area contributed by atoms with Crippen molar-refractivity contribution in [2.75, 3.05) is 5.73 Å². The predicted octanol–water partition coefficient (Wildman–Crippen LogP) is 1.30. The van der Waals surface area contributed by atoms with Crippen molar-refractivity contribution in [3.63, 3.8) is 0 Å². The molecule has 1 fully saturated rings. The van der Waals surface area contributed by atoms with E-state index in [1.165, 1.54) is 6.42 Å². The molecule has 0 radical (unpaired) electrons. The van der Waals surface area contributed by atoms with E-state index in [1.807, 2.05) is 13.0 Å². The van der Waals surface area contributed by atoms with Crippen LogP contribution in [0.1, 0.15) is 25.0 Å². The van der Waals surface area contributed by atoms with Gasteiger partial charge in [0.15, 0.2) is 0 Å². The Labute approximate surface area is 77.1 Å². The van der Waals surface area contributed by atoms with Crippen molar-refractivity contribution in [2.45, 2.75) is 32.3 Å². The van der Waals surface area contributed by atoms with E-state index in [1.54, 1.807) is 0 Å². The molecule has 2 rings (SSSR count). The number of aryl methyl sites for hydroxylation is 1. The van der Waals surface area contributed by atoms with Gasteiger partial charge in [-0.25, -0.2) is 4.98 Å². The van der Waals surface area contributed by atoms with Gasteiger partial charge in [-0.05, 0) is 26.2 Å². The Morgan fingerprint density at radius 3 is 2.77 bits per heavy atom. The average molecular weight is 179 g/mol. The van der Waals surface area contributed by atoms with Crippen LogP contribution in [0.25, 0.3) is 0 Å². The summed E-state index contributed by atoms with van der Waals surface area (Å²) in [7, 11) is 0. The van der Waals surface area contributed by atoms with Crippen molar-refractivity contribution >= 4 is 5.95 Å². The van der Waals surface area contributed by atoms with Gasteiger partial charge in [0.05, 0.1) is 0 Å². The van der Waals surface area contributed by atoms with E-state index in [-0.39, 0.29) is 5.95 Å². The molecule has 2 N–H and O–H groups in total. The molecule has 0 atom stereocenters. The summed E-state index contributed by atoms with van der Waals surface area (Å²) in [4.78, 5) is 7.97. The van der Waals surface area contributed by atoms with Gasteiger partial charge in [0.2, 0.25) is 11.8 Å². The molecule has 0 unspecified atom stereocenters. The summed E-state index contributed by atoms with van der Waals surface area (Å²) in [5.74, 6) is 0.893. The van der Waals surface area contributed by atoms with Crippen molar-refractivity contribution in [1.82, 2.24) is 9.97 Å². The Morgan fingerprint density at radius 2 is 2.23 bits per heavy atom. The third-order valence-corrected chi connectivity index (χ3v) is 2.19. The first kappa shape index (κ1) is 8.29. The molecule has 1 aromatic heterocycles. The number of anilines is 1. The second-order valence-corrected chi connectivity index (χ2v) is 3.38. The van der Waals surface area contributed by atoms with Gasteiger partial charge in [-0.1, -0.05) is 0 Å². The van der Waals surface area contributed by atoms with Crippen LogP contribution in [0.3, 0.4) is 0 Å². The second-order valence-electron chi connectivity index (χ2n) is 3.38. The summed E-state index contributed by atoms with van der Waals surface area (Å²) in [5, 5.41) is 0. The van der Waals surface area contributed by atoms with Crippen LogP contribution in [-0.4, -0.2) is 16.1 Å². The van der Waals surface area contributed by atoms with Gasteiger partial charge < -0.3 is 10.5 Å². The van der Waals surface area contributed by atoms with Crippen LogP contribution >= 0.6 is 0 Å². The third-order valence-electron chi connectivity index (χ3n) is 2.19. The molecular formula is C9H13N3O. The molecule has 70 valence electrons. The van der Waals surface area contributed by atoms with Crippen LogP contribution in [0.2, 0.25) is 0 Å². The van der Waals surface area contributed by atoms with Crippen molar-refractivity contribution in [3.8, 4) is 5.88 Å². The molecule has 13 heavy (non-hydrogen) atoms. The Bertz CT molecular complexity index is 289. The van der Waals surface area contributed by atoms with E-state index in [0.29, 0.717) is 12.0 Å². The highest BCUT2D eigenvalue weighted by Crippen LogP contribution is 2.24. The standard InChI is InChI=1S/C9H13N3O/c1-6-5-8(12-9(10)11-6)13-7-3-2-4-7/h5,7H,2-4H2,1H3,(H2,10,11,12). The van der Waals surface area contributed by atoms with Crippen molar-refractivity contribution < 1.29 is 4.74 Å². The molecule has 0 spiro atoms. The van der Waals surface area contributed by atoms with Gasteiger partial charge >= 0.3 is 0 Å². The largest absolute Gasteiger partial charge is 0.474 e. The Balaban J connectivity index is 2.10. The maximum Gasteiger partial charge on any atom is 0.223 e. The number of hydrogen-bond acceptors (Lipinski definition) is 4. The Morgan fingerprint density at radius 1 is 1.46 bits per heavy atom. The third kappa shape index (κ3) is 1.88. The van der Waals surface area contributed by atoms with Gasteiger partial charge in [0, 0.05) is 11.8 Å². The smallest absolute Gasteiger partial charge is 0.223 e. The fraction of sp³-hybridized carbons (Fsp3) is 0.556. The normalized spacial score (nSPS) is 16.7. The first-order valence-electron chi connectivity index (χ1n) is 4.52. The maximum absolute atomic E-state index is 5.58. The lowest BCUT2D eigenvalue weighted by Crippen LogP contribution is -2.25. The molecule has 1 aromatic rings. The van der Waals surface area contributed by atoms with Crippen molar-refractivity contribution in [3.05, 3.63) is 11.8 Å². The lowest BCUT2D eigenvalue weighted by atomic mass is 9.96. The fourth-order valence-electron chi connectivity index (χ4n) is 1.28. The van der Waals surface area contributed by atoms with E-state index >= 15 is 0 Å². The quantitative estimate of drug-likeness (QED) is 0.743. The minimum atomic E-state index is 0.286. The van der Waals surface area contributed by atoms with Crippen LogP contribution in [-0.2, 0) is 0 Å². The summed E-state index contributed by atoms with van der Waals surface area (Å²) in [6, 6.07) is 1.81. The summed E-state index contributed by atoms with van der Waals surface area (Å²) in [6.07, 6.45) is 3.85. The van der Waals surface area contributed by atoms with E-state index in [2.05, 4.69) is 9.97 Å². The molecule has 4 heteroatoms. The number of ether oxygens (including phenoxy) is 1. The fourth-order valence-corrected chi connectivity index (χ4v) is 1.28. The number of hydrogen-bond donors (Lipinski definition) is 1. The zero-order chi connectivity index (χ0) is 9.26. The van der Waals surface area contributed by atoms with E-state index in [4.69, 9.17) is 10.5 Å². The van der Waals surface area contributed by atoms with Crippen LogP contribution in [0.15, 0.2) is 6.07 Å². The molecule has 1 aliphatic carbocycles. The molecule has 0 saturated heterocycles. The highest BCUT2D eigenvalue weighted by Gasteiger charge is 2.19. The molecule has 0 amide bonds. The molecule has 4 nitrogen and oxygen atoms in total. The summed E-state index contributed by atoms with van der Waals surface area (Å²) >= 11 is 0. The van der Waals surface area contributed by atoms with E-state index < -0.39 is 0 Å². The van der Waals surface area contributed by atoms with Crippen LogP contribution < -0.4 is 10.5 Å². The first-order valence-corrected chi connectivity index (χ1v) is 4.52. The maximum atomic E-state index is 5.58. The monoisotopic (exact) mass is 179 g/mol. The average Bonchev–Trinajstić information content (AvgIpc) is 1.95. The van der Waals surface area contributed by atoms with Gasteiger partial charge in [-0.2, -0.15) is 4.98 Å². The zero-order valence-corrected chi connectivity index (χ0v) is 7.66. The Hall–Kier alpha value is -1.32. The minimum absolute atomic E-state index is 0.286. The SMILES string of the molecule is Cc1cc(OC2CCC2)nc(N)n1. The van der Waals surface area contributed by atoms with E-state index in [9.17, 15) is 0 Å². The predicted molar refractivity (Wildman–Crippen MR) is 49.4 cm³/mol. The molecular weight excluding hydrogens is 166 g/mol. The van der Waals surface area contributed by atoms with Gasteiger partial charge in [0.1, 0.15) is 6.10 Å². The number of nitrogens with zero attached hydrogens (tertiary/aromatic N) is 2. The minimum Gasteiger partial charge on any atom is -0.474 e. The van der Waals surface area contributed by atoms with E-state index in [0.717, 1.165) is 18.5 Å². The van der Waals surface area contributed by atoms with Crippen LogP contribution in [0, 0.1) is 6.92 Å². The van der Waals surface area contributed by atoms with Gasteiger partial charge in [-0.3, -0.25) is 0 Å². The highest BCUT2D eigenvalue weighted by atomic mass is 16.5. The number of nitrogen functional groups attached to an aromatic ring is 1. The van der Waals surface area contributed by atoms with Crippen LogP contribution in [0.5, 0.6) is 5.88 Å². The molecule has 0 bridgehead atoms. The van der Waals surface area contributed by atoms with Gasteiger partial charge in [-0.15, -0.1) is 0 Å². The summed E-state index contributed by atoms with van der Waals surface area (Å²) in [5.41, 5.74) is 6.34.